The minimum absolute atomic E-state index is 0.0379. The normalized spacial score (nSPS) is 22.1. The summed E-state index contributed by atoms with van der Waals surface area (Å²) in [6.07, 6.45) is -1.54. The number of halogens is 3. The maximum Gasteiger partial charge on any atom is 0.416 e. The van der Waals surface area contributed by atoms with Crippen LogP contribution in [0, 0.1) is 5.92 Å². The topological polar surface area (TPSA) is 55.4 Å². The van der Waals surface area contributed by atoms with Crippen LogP contribution in [0.15, 0.2) is 24.3 Å². The smallest absolute Gasteiger partial charge is 0.416 e. The van der Waals surface area contributed by atoms with E-state index in [-0.39, 0.29) is 11.6 Å². The average molecular weight is 357 g/mol. The molecule has 0 saturated heterocycles. The Hall–Kier alpha value is -2.05. The molecular formula is C18H22F3NO3. The van der Waals surface area contributed by atoms with Crippen molar-refractivity contribution in [2.45, 2.75) is 57.9 Å². The highest BCUT2D eigenvalue weighted by Crippen LogP contribution is 2.29. The van der Waals surface area contributed by atoms with Crippen LogP contribution in [0.2, 0.25) is 0 Å². The summed E-state index contributed by atoms with van der Waals surface area (Å²) in [6, 6.07) is 3.99. The second-order valence-electron chi connectivity index (χ2n) is 6.50. The summed E-state index contributed by atoms with van der Waals surface area (Å²) >= 11 is 0. The summed E-state index contributed by atoms with van der Waals surface area (Å²) in [5.41, 5.74) is -1.17. The van der Waals surface area contributed by atoms with E-state index >= 15 is 0 Å². The molecule has 1 fully saturated rings. The van der Waals surface area contributed by atoms with Crippen molar-refractivity contribution < 1.29 is 27.5 Å². The molecule has 7 heteroatoms. The van der Waals surface area contributed by atoms with Crippen molar-refractivity contribution in [2.75, 3.05) is 0 Å². The predicted octanol–water partition coefficient (Wildman–Crippen LogP) is 3.95. The van der Waals surface area contributed by atoms with Gasteiger partial charge in [-0.05, 0) is 43.9 Å². The second-order valence-corrected chi connectivity index (χ2v) is 6.50. The highest BCUT2D eigenvalue weighted by molar-refractivity contribution is 5.92. The van der Waals surface area contributed by atoms with Crippen molar-refractivity contribution >= 4 is 11.9 Å². The molecule has 0 aliphatic heterocycles. The number of rotatable bonds is 4. The summed E-state index contributed by atoms with van der Waals surface area (Å²) in [5, 5.41) is 2.86. The summed E-state index contributed by atoms with van der Waals surface area (Å²) in [6.45, 7) is 3.47. The van der Waals surface area contributed by atoms with Crippen molar-refractivity contribution in [1.82, 2.24) is 5.32 Å². The van der Waals surface area contributed by atoms with E-state index in [2.05, 4.69) is 12.2 Å². The third-order valence-corrected chi connectivity index (χ3v) is 4.52. The molecule has 1 aliphatic rings. The fourth-order valence-electron chi connectivity index (χ4n) is 2.94. The first-order valence-corrected chi connectivity index (χ1v) is 8.37. The number of carbonyl (C=O) groups excluding carboxylic acids is 2. The fraction of sp³-hybridized carbons (Fsp3) is 0.556. The van der Waals surface area contributed by atoms with E-state index in [0.717, 1.165) is 43.9 Å². The number of hydrogen-bond donors (Lipinski definition) is 1. The number of carbonyl (C=O) groups is 2. The quantitative estimate of drug-likeness (QED) is 0.831. The van der Waals surface area contributed by atoms with Crippen LogP contribution in [0.25, 0.3) is 0 Å². The van der Waals surface area contributed by atoms with E-state index < -0.39 is 29.7 Å². The molecule has 1 N–H and O–H groups in total. The van der Waals surface area contributed by atoms with Gasteiger partial charge >= 0.3 is 12.1 Å². The van der Waals surface area contributed by atoms with Crippen LogP contribution in [-0.2, 0) is 15.7 Å². The highest BCUT2D eigenvalue weighted by Gasteiger charge is 2.31. The van der Waals surface area contributed by atoms with Crippen LogP contribution < -0.4 is 5.32 Å². The van der Waals surface area contributed by atoms with E-state index in [0.29, 0.717) is 5.92 Å². The number of nitrogens with one attached hydrogen (secondary N) is 1. The van der Waals surface area contributed by atoms with Gasteiger partial charge in [0.25, 0.3) is 5.91 Å². The molecule has 0 radical (unpaired) electrons. The zero-order valence-electron chi connectivity index (χ0n) is 14.2. The average Bonchev–Trinajstić information content (AvgIpc) is 2.56. The summed E-state index contributed by atoms with van der Waals surface area (Å²) in [5.74, 6) is -1.03. The molecule has 0 bridgehead atoms. The summed E-state index contributed by atoms with van der Waals surface area (Å²) in [7, 11) is 0. The van der Waals surface area contributed by atoms with Gasteiger partial charge in [-0.15, -0.1) is 0 Å². The van der Waals surface area contributed by atoms with Gasteiger partial charge in [0, 0.05) is 6.04 Å². The lowest BCUT2D eigenvalue weighted by atomic mass is 9.86. The van der Waals surface area contributed by atoms with Gasteiger partial charge in [0.1, 0.15) is 0 Å². The van der Waals surface area contributed by atoms with Crippen LogP contribution in [0.1, 0.15) is 55.5 Å². The Morgan fingerprint density at radius 1 is 1.24 bits per heavy atom. The van der Waals surface area contributed by atoms with Crippen molar-refractivity contribution in [3.8, 4) is 0 Å². The van der Waals surface area contributed by atoms with E-state index in [1.165, 1.54) is 13.0 Å². The molecule has 1 aromatic carbocycles. The molecule has 4 nitrogen and oxygen atoms in total. The van der Waals surface area contributed by atoms with Gasteiger partial charge in [0.05, 0.1) is 11.1 Å². The molecule has 138 valence electrons. The van der Waals surface area contributed by atoms with Crippen molar-refractivity contribution in [3.63, 3.8) is 0 Å². The minimum atomic E-state index is -4.55. The Kier molecular flexibility index (Phi) is 6.08. The maximum atomic E-state index is 12.7. The van der Waals surface area contributed by atoms with E-state index in [4.69, 9.17) is 4.74 Å². The van der Waals surface area contributed by atoms with Gasteiger partial charge < -0.3 is 10.1 Å². The molecule has 0 heterocycles. The second kappa shape index (κ2) is 7.89. The summed E-state index contributed by atoms with van der Waals surface area (Å²) in [4.78, 5) is 24.2. The number of alkyl halides is 3. The first-order chi connectivity index (χ1) is 11.7. The lowest BCUT2D eigenvalue weighted by Gasteiger charge is -2.30. The van der Waals surface area contributed by atoms with Gasteiger partial charge in [-0.3, -0.25) is 4.79 Å². The fourth-order valence-corrected chi connectivity index (χ4v) is 2.94. The molecule has 1 aliphatic carbocycles. The molecule has 2 rings (SSSR count). The van der Waals surface area contributed by atoms with Crippen molar-refractivity contribution in [2.24, 2.45) is 5.92 Å². The number of hydrogen-bond acceptors (Lipinski definition) is 3. The number of benzene rings is 1. The molecule has 0 spiro atoms. The Balaban J connectivity index is 1.96. The monoisotopic (exact) mass is 357 g/mol. The van der Waals surface area contributed by atoms with Crippen LogP contribution in [-0.4, -0.2) is 24.0 Å². The molecule has 0 aromatic heterocycles. The van der Waals surface area contributed by atoms with Crippen molar-refractivity contribution in [1.29, 1.82) is 0 Å². The first-order valence-electron chi connectivity index (χ1n) is 8.37. The highest BCUT2D eigenvalue weighted by atomic mass is 19.4. The Labute approximate surface area is 144 Å². The van der Waals surface area contributed by atoms with Crippen LogP contribution >= 0.6 is 0 Å². The zero-order valence-corrected chi connectivity index (χ0v) is 14.2. The first kappa shape index (κ1) is 19.3. The molecule has 25 heavy (non-hydrogen) atoms. The van der Waals surface area contributed by atoms with Crippen LogP contribution in [0.4, 0.5) is 13.2 Å². The number of esters is 1. The predicted molar refractivity (Wildman–Crippen MR) is 85.9 cm³/mol. The lowest BCUT2D eigenvalue weighted by molar-refractivity contribution is -0.137. The van der Waals surface area contributed by atoms with Gasteiger partial charge in [-0.2, -0.15) is 13.2 Å². The van der Waals surface area contributed by atoms with Crippen LogP contribution in [0.5, 0.6) is 0 Å². The molecule has 1 amide bonds. The molecule has 1 aromatic rings. The van der Waals surface area contributed by atoms with E-state index in [1.807, 2.05) is 0 Å². The van der Waals surface area contributed by atoms with Gasteiger partial charge in [0.2, 0.25) is 0 Å². The Morgan fingerprint density at radius 3 is 2.56 bits per heavy atom. The zero-order chi connectivity index (χ0) is 18.6. The lowest BCUT2D eigenvalue weighted by Crippen LogP contribution is -2.46. The van der Waals surface area contributed by atoms with E-state index in [9.17, 15) is 22.8 Å². The molecule has 0 unspecified atom stereocenters. The SMILES string of the molecule is C[C@@H](OC(=O)c1cccc(C(F)(F)F)c1)C(=O)N[C@H]1CCCC[C@@H]1C. The maximum absolute atomic E-state index is 12.7. The molecule has 1 saturated carbocycles. The number of ether oxygens (including phenoxy) is 1. The third-order valence-electron chi connectivity index (χ3n) is 4.52. The van der Waals surface area contributed by atoms with E-state index in [1.54, 1.807) is 0 Å². The van der Waals surface area contributed by atoms with Gasteiger partial charge in [-0.25, -0.2) is 4.79 Å². The Bertz CT molecular complexity index is 630. The Morgan fingerprint density at radius 2 is 1.92 bits per heavy atom. The standard InChI is InChI=1S/C18H22F3NO3/c1-11-6-3-4-9-15(11)22-16(23)12(2)25-17(24)13-7-5-8-14(10-13)18(19,20)21/h5,7-8,10-12,15H,3-4,6,9H2,1-2H3,(H,22,23)/t11-,12+,15-/m0/s1. The van der Waals surface area contributed by atoms with Crippen molar-refractivity contribution in [3.05, 3.63) is 35.4 Å². The molecule has 3 atom stereocenters. The minimum Gasteiger partial charge on any atom is -0.449 e. The number of amides is 1. The third kappa shape index (κ3) is 5.21. The van der Waals surface area contributed by atoms with Gasteiger partial charge in [-0.1, -0.05) is 25.8 Å². The largest absolute Gasteiger partial charge is 0.449 e. The summed E-state index contributed by atoms with van der Waals surface area (Å²) < 4.78 is 43.1. The van der Waals surface area contributed by atoms with Crippen LogP contribution in [0.3, 0.4) is 0 Å². The molecular weight excluding hydrogens is 335 g/mol. The van der Waals surface area contributed by atoms with Gasteiger partial charge in [0.15, 0.2) is 6.10 Å².